The smallest absolute Gasteiger partial charge is 0.207 e. The highest BCUT2D eigenvalue weighted by Crippen LogP contribution is 2.25. The average molecular weight is 338 g/mol. The van der Waals surface area contributed by atoms with E-state index in [1.54, 1.807) is 19.2 Å². The van der Waals surface area contributed by atoms with Crippen LogP contribution in [0.25, 0.3) is 0 Å². The predicted molar refractivity (Wildman–Crippen MR) is 90.8 cm³/mol. The molecule has 2 aromatic rings. The van der Waals surface area contributed by atoms with Gasteiger partial charge in [-0.3, -0.25) is 0 Å². The molecule has 22 heavy (non-hydrogen) atoms. The Morgan fingerprint density at radius 3 is 2.00 bits per heavy atom. The van der Waals surface area contributed by atoms with E-state index < -0.39 is 10.0 Å². The lowest BCUT2D eigenvalue weighted by Gasteiger charge is -2.20. The van der Waals surface area contributed by atoms with Crippen LogP contribution in [0.5, 0.6) is 0 Å². The van der Waals surface area contributed by atoms with E-state index in [2.05, 4.69) is 0 Å². The fourth-order valence-corrected chi connectivity index (χ4v) is 4.35. The molecule has 0 aliphatic heterocycles. The first-order valence-electron chi connectivity index (χ1n) is 7.00. The predicted octanol–water partition coefficient (Wildman–Crippen LogP) is 4.09. The first-order chi connectivity index (χ1) is 10.2. The van der Waals surface area contributed by atoms with Crippen LogP contribution in [0.15, 0.2) is 41.3 Å². The molecule has 0 saturated heterocycles. The Morgan fingerprint density at radius 2 is 1.50 bits per heavy atom. The van der Waals surface area contributed by atoms with E-state index in [0.717, 1.165) is 22.3 Å². The second kappa shape index (κ2) is 6.41. The van der Waals surface area contributed by atoms with Gasteiger partial charge in [0.25, 0.3) is 0 Å². The third kappa shape index (κ3) is 3.51. The largest absolute Gasteiger partial charge is 0.243 e. The quantitative estimate of drug-likeness (QED) is 0.842. The average Bonchev–Trinajstić information content (AvgIpc) is 2.39. The van der Waals surface area contributed by atoms with E-state index >= 15 is 0 Å². The molecule has 0 aliphatic carbocycles. The Balaban J connectivity index is 2.36. The van der Waals surface area contributed by atoms with E-state index in [9.17, 15) is 8.42 Å². The van der Waals surface area contributed by atoms with Crippen molar-refractivity contribution in [2.24, 2.45) is 0 Å². The highest BCUT2D eigenvalue weighted by molar-refractivity contribution is 7.89. The van der Waals surface area contributed by atoms with Crippen LogP contribution in [0.4, 0.5) is 0 Å². The number of aryl methyl sites for hydroxylation is 3. The number of halogens is 1. The first-order valence-corrected chi connectivity index (χ1v) is 8.82. The summed E-state index contributed by atoms with van der Waals surface area (Å²) in [5, 5.41) is 0.638. The van der Waals surface area contributed by atoms with Crippen LogP contribution in [0.1, 0.15) is 22.3 Å². The lowest BCUT2D eigenvalue weighted by Crippen LogP contribution is -2.27. The third-order valence-electron chi connectivity index (χ3n) is 3.59. The molecule has 0 radical (unpaired) electrons. The fraction of sp³-hybridized carbons (Fsp3) is 0.294. The monoisotopic (exact) mass is 337 g/mol. The molecule has 0 N–H and O–H groups in total. The molecule has 0 unspecified atom stereocenters. The van der Waals surface area contributed by atoms with Gasteiger partial charge in [0, 0.05) is 18.6 Å². The van der Waals surface area contributed by atoms with Crippen molar-refractivity contribution < 1.29 is 8.42 Å². The Bertz CT molecular complexity index is 760. The summed E-state index contributed by atoms with van der Waals surface area (Å²) in [5.41, 5.74) is 3.52. The number of nitrogens with zero attached hydrogens (tertiary/aromatic N) is 1. The van der Waals surface area contributed by atoms with Crippen molar-refractivity contribution in [3.05, 3.63) is 63.7 Å². The van der Waals surface area contributed by atoms with Gasteiger partial charge in [0.05, 0.1) is 4.90 Å². The maximum atomic E-state index is 12.9. The highest BCUT2D eigenvalue weighted by Gasteiger charge is 2.25. The molecular formula is C17H20ClNO2S. The van der Waals surface area contributed by atoms with Crippen molar-refractivity contribution in [2.75, 3.05) is 7.05 Å². The SMILES string of the molecule is Cc1cc(C)c(S(=O)(=O)N(C)Cc2ccc(Cl)cc2)c(C)c1. The normalized spacial score (nSPS) is 11.9. The van der Waals surface area contributed by atoms with Crippen LogP contribution in [0.2, 0.25) is 5.02 Å². The van der Waals surface area contributed by atoms with Gasteiger partial charge >= 0.3 is 0 Å². The molecule has 0 amide bonds. The minimum absolute atomic E-state index is 0.312. The molecule has 5 heteroatoms. The van der Waals surface area contributed by atoms with E-state index in [0.29, 0.717) is 16.5 Å². The summed E-state index contributed by atoms with van der Waals surface area (Å²) in [5.74, 6) is 0. The highest BCUT2D eigenvalue weighted by atomic mass is 35.5. The van der Waals surface area contributed by atoms with E-state index in [1.165, 1.54) is 4.31 Å². The van der Waals surface area contributed by atoms with Crippen LogP contribution < -0.4 is 0 Å². The molecule has 2 rings (SSSR count). The van der Waals surface area contributed by atoms with Crippen molar-refractivity contribution in [3.63, 3.8) is 0 Å². The zero-order valence-corrected chi connectivity index (χ0v) is 14.8. The van der Waals surface area contributed by atoms with Gasteiger partial charge < -0.3 is 0 Å². The van der Waals surface area contributed by atoms with Gasteiger partial charge in [0.2, 0.25) is 10.0 Å². The van der Waals surface area contributed by atoms with Crippen LogP contribution in [-0.2, 0) is 16.6 Å². The zero-order chi connectivity index (χ0) is 16.5. The maximum Gasteiger partial charge on any atom is 0.243 e. The van der Waals surface area contributed by atoms with Gasteiger partial charge in [-0.15, -0.1) is 0 Å². The Morgan fingerprint density at radius 1 is 1.00 bits per heavy atom. The van der Waals surface area contributed by atoms with E-state index in [1.807, 2.05) is 45.0 Å². The molecule has 118 valence electrons. The molecule has 0 spiro atoms. The van der Waals surface area contributed by atoms with Crippen molar-refractivity contribution >= 4 is 21.6 Å². The molecule has 0 bridgehead atoms. The summed E-state index contributed by atoms with van der Waals surface area (Å²) >= 11 is 5.86. The minimum Gasteiger partial charge on any atom is -0.207 e. The summed E-state index contributed by atoms with van der Waals surface area (Å²) in [6.07, 6.45) is 0. The zero-order valence-electron chi connectivity index (χ0n) is 13.2. The Labute approximate surface area is 137 Å². The molecule has 3 nitrogen and oxygen atoms in total. The molecule has 0 fully saturated rings. The molecule has 2 aromatic carbocycles. The summed E-state index contributed by atoms with van der Waals surface area (Å²) in [6, 6.07) is 11.0. The van der Waals surface area contributed by atoms with Crippen LogP contribution >= 0.6 is 11.6 Å². The lowest BCUT2D eigenvalue weighted by atomic mass is 10.1. The van der Waals surface area contributed by atoms with Crippen LogP contribution in [0.3, 0.4) is 0 Å². The Hall–Kier alpha value is -1.36. The van der Waals surface area contributed by atoms with Crippen molar-refractivity contribution in [2.45, 2.75) is 32.2 Å². The number of rotatable bonds is 4. The van der Waals surface area contributed by atoms with Gasteiger partial charge in [-0.05, 0) is 49.6 Å². The standard InChI is InChI=1S/C17H20ClNO2S/c1-12-9-13(2)17(14(3)10-12)22(20,21)19(4)11-15-5-7-16(18)8-6-15/h5-10H,11H2,1-4H3. The van der Waals surface area contributed by atoms with Crippen LogP contribution in [0, 0.1) is 20.8 Å². The molecular weight excluding hydrogens is 318 g/mol. The topological polar surface area (TPSA) is 37.4 Å². The van der Waals surface area contributed by atoms with Crippen molar-refractivity contribution in [3.8, 4) is 0 Å². The van der Waals surface area contributed by atoms with Gasteiger partial charge in [-0.25, -0.2) is 8.42 Å². The summed E-state index contributed by atoms with van der Waals surface area (Å²) in [6.45, 7) is 5.95. The number of hydrogen-bond acceptors (Lipinski definition) is 2. The third-order valence-corrected chi connectivity index (χ3v) is 5.95. The molecule has 0 aliphatic rings. The van der Waals surface area contributed by atoms with Gasteiger partial charge in [0.1, 0.15) is 0 Å². The summed E-state index contributed by atoms with van der Waals surface area (Å²) in [7, 11) is -1.93. The Kier molecular flexibility index (Phi) is 4.95. The molecule has 0 saturated carbocycles. The number of benzene rings is 2. The van der Waals surface area contributed by atoms with E-state index in [4.69, 9.17) is 11.6 Å². The second-order valence-electron chi connectivity index (χ2n) is 5.62. The van der Waals surface area contributed by atoms with Gasteiger partial charge in [-0.2, -0.15) is 4.31 Å². The van der Waals surface area contributed by atoms with E-state index in [-0.39, 0.29) is 0 Å². The number of sulfonamides is 1. The fourth-order valence-electron chi connectivity index (χ4n) is 2.66. The molecule has 0 heterocycles. The summed E-state index contributed by atoms with van der Waals surface area (Å²) < 4.78 is 27.1. The number of hydrogen-bond donors (Lipinski definition) is 0. The van der Waals surface area contributed by atoms with Crippen molar-refractivity contribution in [1.29, 1.82) is 0 Å². The summed E-state index contributed by atoms with van der Waals surface area (Å²) in [4.78, 5) is 0.398. The first kappa shape index (κ1) is 17.0. The minimum atomic E-state index is -3.53. The van der Waals surface area contributed by atoms with Crippen LogP contribution in [-0.4, -0.2) is 19.8 Å². The lowest BCUT2D eigenvalue weighted by molar-refractivity contribution is 0.466. The van der Waals surface area contributed by atoms with Crippen molar-refractivity contribution in [1.82, 2.24) is 4.31 Å². The second-order valence-corrected chi connectivity index (χ2v) is 8.03. The molecule has 0 aromatic heterocycles. The van der Waals surface area contributed by atoms with Gasteiger partial charge in [-0.1, -0.05) is 41.4 Å². The maximum absolute atomic E-state index is 12.9. The van der Waals surface area contributed by atoms with Gasteiger partial charge in [0.15, 0.2) is 0 Å². The molecule has 0 atom stereocenters.